The van der Waals surface area contributed by atoms with Gasteiger partial charge in [0, 0.05) is 25.4 Å². The lowest BCUT2D eigenvalue weighted by molar-refractivity contribution is -0.173. The normalized spacial score (nSPS) is 15.9. The fourth-order valence-corrected chi connectivity index (χ4v) is 2.33. The Kier molecular flexibility index (Phi) is 5.12. The van der Waals surface area contributed by atoms with Crippen molar-refractivity contribution in [3.8, 4) is 0 Å². The maximum atomic E-state index is 11.8. The molecule has 1 fully saturated rings. The van der Waals surface area contributed by atoms with Crippen molar-refractivity contribution in [1.82, 2.24) is 15.5 Å². The van der Waals surface area contributed by atoms with Gasteiger partial charge in [0.05, 0.1) is 6.61 Å². The van der Waals surface area contributed by atoms with Crippen LogP contribution in [0.4, 0.5) is 13.2 Å². The van der Waals surface area contributed by atoms with Gasteiger partial charge in [-0.05, 0) is 12.8 Å². The number of halogens is 3. The maximum absolute atomic E-state index is 11.8. The second-order valence-corrected chi connectivity index (χ2v) is 5.63. The fraction of sp³-hybridized carbons (Fsp3) is 0.818. The van der Waals surface area contributed by atoms with E-state index in [1.165, 1.54) is 24.2 Å². The molecule has 1 aliphatic rings. The number of hydrogen-bond donors (Lipinski definition) is 1. The Morgan fingerprint density at radius 1 is 1.21 bits per heavy atom. The molecule has 1 aromatic rings. The standard InChI is InChI=1S/C11H16F3N3OS/c12-11(13,14)7-18-6-4-10-17-16-9(19-10)3-5-15-8-1-2-8/h8,15H,1-7H2. The van der Waals surface area contributed by atoms with Crippen LogP contribution in [0.5, 0.6) is 0 Å². The number of nitrogens with one attached hydrogen (secondary N) is 1. The highest BCUT2D eigenvalue weighted by molar-refractivity contribution is 7.11. The first kappa shape index (κ1) is 14.7. The van der Waals surface area contributed by atoms with Crippen LogP contribution in [0, 0.1) is 0 Å². The minimum Gasteiger partial charge on any atom is -0.372 e. The molecule has 19 heavy (non-hydrogen) atoms. The summed E-state index contributed by atoms with van der Waals surface area (Å²) in [7, 11) is 0. The summed E-state index contributed by atoms with van der Waals surface area (Å²) >= 11 is 1.44. The predicted octanol–water partition coefficient (Wildman–Crippen LogP) is 1.95. The van der Waals surface area contributed by atoms with Crippen LogP contribution in [0.25, 0.3) is 0 Å². The lowest BCUT2D eigenvalue weighted by Gasteiger charge is -2.05. The van der Waals surface area contributed by atoms with Gasteiger partial charge in [-0.25, -0.2) is 0 Å². The van der Waals surface area contributed by atoms with Gasteiger partial charge in [0.1, 0.15) is 16.6 Å². The first-order valence-electron chi connectivity index (χ1n) is 6.22. The average Bonchev–Trinajstić information content (AvgIpc) is 3.03. The summed E-state index contributed by atoms with van der Waals surface area (Å²) in [6, 6.07) is 0.670. The van der Waals surface area contributed by atoms with Gasteiger partial charge in [0.25, 0.3) is 0 Å². The van der Waals surface area contributed by atoms with Crippen LogP contribution < -0.4 is 5.32 Å². The highest BCUT2D eigenvalue weighted by atomic mass is 32.1. The molecule has 1 saturated carbocycles. The zero-order valence-corrected chi connectivity index (χ0v) is 11.2. The van der Waals surface area contributed by atoms with Crippen molar-refractivity contribution in [3.63, 3.8) is 0 Å². The van der Waals surface area contributed by atoms with Crippen LogP contribution in [0.2, 0.25) is 0 Å². The molecule has 0 atom stereocenters. The Hall–Kier alpha value is -0.730. The molecule has 0 amide bonds. The molecule has 4 nitrogen and oxygen atoms in total. The Balaban J connectivity index is 1.59. The molecule has 1 aromatic heterocycles. The van der Waals surface area contributed by atoms with E-state index in [4.69, 9.17) is 0 Å². The molecule has 108 valence electrons. The van der Waals surface area contributed by atoms with Gasteiger partial charge in [0.2, 0.25) is 0 Å². The number of alkyl halides is 3. The summed E-state index contributed by atoms with van der Waals surface area (Å²) in [5.41, 5.74) is 0. The SMILES string of the molecule is FC(F)(F)COCCc1nnc(CCNC2CC2)s1. The van der Waals surface area contributed by atoms with E-state index in [1.807, 2.05) is 0 Å². The van der Waals surface area contributed by atoms with Crippen molar-refractivity contribution in [3.05, 3.63) is 10.0 Å². The van der Waals surface area contributed by atoms with E-state index < -0.39 is 12.8 Å². The number of aromatic nitrogens is 2. The Labute approximate surface area is 113 Å². The third kappa shape index (κ3) is 6.31. The molecule has 0 radical (unpaired) electrons. The lowest BCUT2D eigenvalue weighted by atomic mass is 10.4. The van der Waals surface area contributed by atoms with Crippen LogP contribution >= 0.6 is 11.3 Å². The lowest BCUT2D eigenvalue weighted by Crippen LogP contribution is -2.19. The average molecular weight is 295 g/mol. The number of ether oxygens (including phenoxy) is 1. The zero-order chi connectivity index (χ0) is 13.7. The number of hydrogen-bond acceptors (Lipinski definition) is 5. The fourth-order valence-electron chi connectivity index (χ4n) is 1.51. The second kappa shape index (κ2) is 6.62. The minimum absolute atomic E-state index is 0.0223. The highest BCUT2D eigenvalue weighted by Crippen LogP contribution is 2.19. The monoisotopic (exact) mass is 295 g/mol. The summed E-state index contributed by atoms with van der Waals surface area (Å²) in [5, 5.41) is 13.0. The third-order valence-electron chi connectivity index (χ3n) is 2.58. The van der Waals surface area contributed by atoms with E-state index >= 15 is 0 Å². The van der Waals surface area contributed by atoms with Gasteiger partial charge in [-0.15, -0.1) is 21.5 Å². The smallest absolute Gasteiger partial charge is 0.372 e. The first-order chi connectivity index (χ1) is 9.03. The molecule has 0 aromatic carbocycles. The van der Waals surface area contributed by atoms with Crippen molar-refractivity contribution in [2.75, 3.05) is 19.8 Å². The maximum Gasteiger partial charge on any atom is 0.411 e. The molecule has 1 N–H and O–H groups in total. The minimum atomic E-state index is -4.26. The second-order valence-electron chi connectivity index (χ2n) is 4.49. The molecule has 0 unspecified atom stereocenters. The third-order valence-corrected chi connectivity index (χ3v) is 3.63. The summed E-state index contributed by atoms with van der Waals surface area (Å²) < 4.78 is 40.0. The first-order valence-corrected chi connectivity index (χ1v) is 7.04. The van der Waals surface area contributed by atoms with Crippen molar-refractivity contribution in [2.24, 2.45) is 0 Å². The molecule has 2 rings (SSSR count). The van der Waals surface area contributed by atoms with E-state index in [2.05, 4.69) is 20.3 Å². The molecule has 8 heteroatoms. The zero-order valence-electron chi connectivity index (χ0n) is 10.4. The van der Waals surface area contributed by atoms with E-state index in [1.54, 1.807) is 0 Å². The van der Waals surface area contributed by atoms with E-state index in [9.17, 15) is 13.2 Å². The molecular weight excluding hydrogens is 279 g/mol. The predicted molar refractivity (Wildman–Crippen MR) is 65.2 cm³/mol. The van der Waals surface area contributed by atoms with Crippen LogP contribution in [0.3, 0.4) is 0 Å². The molecular formula is C11H16F3N3OS. The molecule has 1 aliphatic carbocycles. The van der Waals surface area contributed by atoms with Crippen LogP contribution in [-0.2, 0) is 17.6 Å². The van der Waals surface area contributed by atoms with Crippen molar-refractivity contribution in [2.45, 2.75) is 37.9 Å². The highest BCUT2D eigenvalue weighted by Gasteiger charge is 2.27. The van der Waals surface area contributed by atoms with Gasteiger partial charge < -0.3 is 10.1 Å². The quantitative estimate of drug-likeness (QED) is 0.745. The van der Waals surface area contributed by atoms with E-state index in [0.717, 1.165) is 23.0 Å². The Bertz CT molecular complexity index is 393. The Morgan fingerprint density at radius 2 is 1.89 bits per heavy atom. The van der Waals surface area contributed by atoms with Gasteiger partial charge in [-0.1, -0.05) is 0 Å². The summed E-state index contributed by atoms with van der Waals surface area (Å²) in [6.45, 7) is -0.303. The Morgan fingerprint density at radius 3 is 2.53 bits per heavy atom. The summed E-state index contributed by atoms with van der Waals surface area (Å²) in [5.74, 6) is 0. The topological polar surface area (TPSA) is 47.0 Å². The van der Waals surface area contributed by atoms with Crippen molar-refractivity contribution in [1.29, 1.82) is 0 Å². The van der Waals surface area contributed by atoms with Gasteiger partial charge in [-0.2, -0.15) is 13.2 Å². The van der Waals surface area contributed by atoms with Crippen LogP contribution in [0.15, 0.2) is 0 Å². The molecule has 0 aliphatic heterocycles. The number of nitrogens with zero attached hydrogens (tertiary/aromatic N) is 2. The van der Waals surface area contributed by atoms with E-state index in [0.29, 0.717) is 12.5 Å². The molecule has 0 spiro atoms. The van der Waals surface area contributed by atoms with Gasteiger partial charge in [-0.3, -0.25) is 0 Å². The van der Waals surface area contributed by atoms with Crippen LogP contribution in [-0.4, -0.2) is 42.2 Å². The largest absolute Gasteiger partial charge is 0.411 e. The molecule has 1 heterocycles. The summed E-state index contributed by atoms with van der Waals surface area (Å²) in [6.07, 6.45) is -0.571. The number of rotatable bonds is 8. The molecule has 0 saturated heterocycles. The van der Waals surface area contributed by atoms with Crippen molar-refractivity contribution >= 4 is 11.3 Å². The van der Waals surface area contributed by atoms with Gasteiger partial charge >= 0.3 is 6.18 Å². The van der Waals surface area contributed by atoms with Gasteiger partial charge in [0.15, 0.2) is 0 Å². The van der Waals surface area contributed by atoms with Crippen LogP contribution in [0.1, 0.15) is 22.9 Å². The summed E-state index contributed by atoms with van der Waals surface area (Å²) in [4.78, 5) is 0. The van der Waals surface area contributed by atoms with E-state index in [-0.39, 0.29) is 6.61 Å². The van der Waals surface area contributed by atoms with Crippen molar-refractivity contribution < 1.29 is 17.9 Å². The molecule has 0 bridgehead atoms.